The average molecular weight is 592 g/mol. The largest absolute Gasteiger partial charge is 0.490 e. The third-order valence-corrected chi connectivity index (χ3v) is 8.80. The summed E-state index contributed by atoms with van der Waals surface area (Å²) < 4.78 is 51.0. The lowest BCUT2D eigenvalue weighted by Crippen LogP contribution is -2.38. The number of halogens is 3. The molecule has 0 aliphatic carbocycles. The molecular formula is C34H36F3N3O3. The highest BCUT2D eigenvalue weighted by molar-refractivity contribution is 6.00. The van der Waals surface area contributed by atoms with Gasteiger partial charge in [-0.3, -0.25) is 14.7 Å². The van der Waals surface area contributed by atoms with Crippen LogP contribution in [0.25, 0.3) is 11.0 Å². The third kappa shape index (κ3) is 6.88. The number of fused-ring (bicyclic) bond motifs is 1. The topological polar surface area (TPSA) is 58.8 Å². The van der Waals surface area contributed by atoms with Crippen LogP contribution in [-0.2, 0) is 12.7 Å². The number of piperidine rings is 2. The van der Waals surface area contributed by atoms with Crippen LogP contribution in [0.3, 0.4) is 0 Å². The molecule has 0 atom stereocenters. The minimum absolute atomic E-state index is 0.00951. The minimum Gasteiger partial charge on any atom is -0.490 e. The van der Waals surface area contributed by atoms with Crippen molar-refractivity contribution in [1.82, 2.24) is 9.88 Å². The van der Waals surface area contributed by atoms with E-state index < -0.39 is 11.7 Å². The molecule has 2 saturated heterocycles. The maximum absolute atomic E-state index is 13.3. The summed E-state index contributed by atoms with van der Waals surface area (Å²) in [5.74, 6) is 1.53. The molecule has 0 spiro atoms. The van der Waals surface area contributed by atoms with E-state index in [1.807, 2.05) is 49.6 Å². The Kier molecular flexibility index (Phi) is 8.43. The highest BCUT2D eigenvalue weighted by Gasteiger charge is 2.31. The number of benzene rings is 2. The van der Waals surface area contributed by atoms with Crippen molar-refractivity contribution in [2.45, 2.75) is 57.9 Å². The second-order valence-corrected chi connectivity index (χ2v) is 11.8. The fourth-order valence-corrected chi connectivity index (χ4v) is 6.28. The van der Waals surface area contributed by atoms with Crippen molar-refractivity contribution >= 4 is 22.4 Å². The SMILES string of the molecule is Cc1c(C(=O)CC2CCN(Cc3ccncc3)CC2)oc2cc(OC3CCN(c4ccc(C(F)(F)F)cc4)CC3)ccc12. The number of aryl methyl sites for hydroxylation is 1. The zero-order valence-corrected chi connectivity index (χ0v) is 24.3. The van der Waals surface area contributed by atoms with Gasteiger partial charge in [0.1, 0.15) is 17.4 Å². The maximum Gasteiger partial charge on any atom is 0.416 e. The van der Waals surface area contributed by atoms with Crippen molar-refractivity contribution in [2.24, 2.45) is 5.92 Å². The Morgan fingerprint density at radius 3 is 2.33 bits per heavy atom. The summed E-state index contributed by atoms with van der Waals surface area (Å²) in [5, 5.41) is 0.917. The summed E-state index contributed by atoms with van der Waals surface area (Å²) >= 11 is 0. The van der Waals surface area contributed by atoms with Gasteiger partial charge in [0.2, 0.25) is 0 Å². The van der Waals surface area contributed by atoms with Crippen molar-refractivity contribution < 1.29 is 27.1 Å². The molecule has 6 nitrogen and oxygen atoms in total. The average Bonchev–Trinajstić information content (AvgIpc) is 3.34. The predicted octanol–water partition coefficient (Wildman–Crippen LogP) is 7.69. The Labute approximate surface area is 249 Å². The van der Waals surface area contributed by atoms with E-state index in [2.05, 4.69) is 14.8 Å². The zero-order chi connectivity index (χ0) is 30.0. The number of pyridine rings is 1. The van der Waals surface area contributed by atoms with Crippen LogP contribution >= 0.6 is 0 Å². The van der Waals surface area contributed by atoms with E-state index in [9.17, 15) is 18.0 Å². The number of ether oxygens (including phenoxy) is 1. The first-order valence-electron chi connectivity index (χ1n) is 15.0. The fourth-order valence-electron chi connectivity index (χ4n) is 6.28. The lowest BCUT2D eigenvalue weighted by atomic mass is 9.90. The van der Waals surface area contributed by atoms with Gasteiger partial charge in [0.05, 0.1) is 5.56 Å². The van der Waals surface area contributed by atoms with E-state index in [1.165, 1.54) is 17.7 Å². The zero-order valence-electron chi connectivity index (χ0n) is 24.3. The summed E-state index contributed by atoms with van der Waals surface area (Å²) in [6, 6.07) is 15.1. The Morgan fingerprint density at radius 2 is 1.65 bits per heavy atom. The van der Waals surface area contributed by atoms with Gasteiger partial charge in [-0.05, 0) is 92.9 Å². The van der Waals surface area contributed by atoms with Crippen molar-refractivity contribution in [3.8, 4) is 5.75 Å². The summed E-state index contributed by atoms with van der Waals surface area (Å²) in [6.45, 7) is 6.19. The number of furan rings is 1. The molecule has 9 heteroatoms. The molecule has 0 amide bonds. The normalized spacial score (nSPS) is 17.4. The molecule has 0 bridgehead atoms. The fraction of sp³-hybridized carbons (Fsp3) is 0.412. The number of Topliss-reactive ketones (excluding diaryl/α,β-unsaturated/α-hetero) is 1. The van der Waals surface area contributed by atoms with E-state index in [-0.39, 0.29) is 11.9 Å². The van der Waals surface area contributed by atoms with Crippen molar-refractivity contribution in [3.05, 3.63) is 89.4 Å². The van der Waals surface area contributed by atoms with Crippen LogP contribution in [-0.4, -0.2) is 48.0 Å². The Bertz CT molecular complexity index is 1540. The van der Waals surface area contributed by atoms with Gasteiger partial charge >= 0.3 is 6.18 Å². The number of aromatic nitrogens is 1. The molecule has 2 aliphatic rings. The van der Waals surface area contributed by atoms with Crippen LogP contribution < -0.4 is 9.64 Å². The highest BCUT2D eigenvalue weighted by Crippen LogP contribution is 2.34. The maximum atomic E-state index is 13.3. The summed E-state index contributed by atoms with van der Waals surface area (Å²) in [6.07, 6.45) is 3.28. The minimum atomic E-state index is -4.33. The lowest BCUT2D eigenvalue weighted by Gasteiger charge is -2.33. The molecule has 4 heterocycles. The molecule has 2 aliphatic heterocycles. The number of ketones is 1. The molecule has 43 heavy (non-hydrogen) atoms. The van der Waals surface area contributed by atoms with Gasteiger partial charge < -0.3 is 14.1 Å². The number of carbonyl (C=O) groups is 1. The number of hydrogen-bond acceptors (Lipinski definition) is 6. The van der Waals surface area contributed by atoms with Crippen molar-refractivity contribution in [2.75, 3.05) is 31.1 Å². The molecule has 2 aromatic heterocycles. The van der Waals surface area contributed by atoms with Crippen molar-refractivity contribution in [1.29, 1.82) is 0 Å². The number of rotatable bonds is 8. The number of alkyl halides is 3. The van der Waals surface area contributed by atoms with Crippen LogP contribution in [0.2, 0.25) is 0 Å². The van der Waals surface area contributed by atoms with E-state index in [0.717, 1.165) is 74.1 Å². The van der Waals surface area contributed by atoms with Crippen molar-refractivity contribution in [3.63, 3.8) is 0 Å². The van der Waals surface area contributed by atoms with Crippen LogP contribution in [0.5, 0.6) is 5.75 Å². The first-order chi connectivity index (χ1) is 20.7. The quantitative estimate of drug-likeness (QED) is 0.196. The summed E-state index contributed by atoms with van der Waals surface area (Å²) in [7, 11) is 0. The molecule has 2 aromatic carbocycles. The second-order valence-electron chi connectivity index (χ2n) is 11.8. The molecule has 6 rings (SSSR count). The second kappa shape index (κ2) is 12.4. The predicted molar refractivity (Wildman–Crippen MR) is 159 cm³/mol. The Hall–Kier alpha value is -3.85. The number of hydrogen-bond donors (Lipinski definition) is 0. The molecular weight excluding hydrogens is 555 g/mol. The lowest BCUT2D eigenvalue weighted by molar-refractivity contribution is -0.137. The van der Waals surface area contributed by atoms with Crippen LogP contribution in [0.4, 0.5) is 18.9 Å². The molecule has 0 radical (unpaired) electrons. The smallest absolute Gasteiger partial charge is 0.416 e. The number of nitrogens with zero attached hydrogens (tertiary/aromatic N) is 3. The Balaban J connectivity index is 1.02. The molecule has 0 saturated carbocycles. The van der Waals surface area contributed by atoms with Gasteiger partial charge in [0.15, 0.2) is 11.5 Å². The molecule has 2 fully saturated rings. The van der Waals surface area contributed by atoms with E-state index in [4.69, 9.17) is 9.15 Å². The van der Waals surface area contributed by atoms with Gasteiger partial charge in [-0.15, -0.1) is 0 Å². The van der Waals surface area contributed by atoms with Gasteiger partial charge in [0.25, 0.3) is 0 Å². The number of carbonyl (C=O) groups excluding carboxylic acids is 1. The molecule has 4 aromatic rings. The van der Waals surface area contributed by atoms with E-state index in [0.29, 0.717) is 42.5 Å². The van der Waals surface area contributed by atoms with Gasteiger partial charge in [0, 0.05) is 74.0 Å². The first kappa shape index (κ1) is 29.2. The molecule has 0 N–H and O–H groups in total. The monoisotopic (exact) mass is 591 g/mol. The van der Waals surface area contributed by atoms with E-state index in [1.54, 1.807) is 0 Å². The van der Waals surface area contributed by atoms with Gasteiger partial charge in [-0.1, -0.05) is 0 Å². The summed E-state index contributed by atoms with van der Waals surface area (Å²) in [5.41, 5.74) is 2.92. The highest BCUT2D eigenvalue weighted by atomic mass is 19.4. The van der Waals surface area contributed by atoms with E-state index >= 15 is 0 Å². The van der Waals surface area contributed by atoms with Crippen LogP contribution in [0.1, 0.15) is 59.3 Å². The number of anilines is 1. The van der Waals surface area contributed by atoms with Gasteiger partial charge in [-0.25, -0.2) is 0 Å². The summed E-state index contributed by atoms with van der Waals surface area (Å²) in [4.78, 5) is 21.9. The molecule has 0 unspecified atom stereocenters. The standard InChI is InChI=1S/C34H36F3N3O3/c1-23-30-7-6-29(42-28-12-18-40(19-13-28)27-4-2-26(3-5-27)34(35,36)37)21-32(30)43-33(23)31(41)20-24-10-16-39(17-11-24)22-25-8-14-38-15-9-25/h2-9,14-15,21,24,28H,10-13,16-20,22H2,1H3. The van der Waals surface area contributed by atoms with Crippen LogP contribution in [0, 0.1) is 12.8 Å². The van der Waals surface area contributed by atoms with Crippen LogP contribution in [0.15, 0.2) is 71.4 Å². The molecule has 226 valence electrons. The van der Waals surface area contributed by atoms with Gasteiger partial charge in [-0.2, -0.15) is 13.2 Å². The third-order valence-electron chi connectivity index (χ3n) is 8.80. The first-order valence-corrected chi connectivity index (χ1v) is 15.0. The Morgan fingerprint density at radius 1 is 0.953 bits per heavy atom. The number of likely N-dealkylation sites (tertiary alicyclic amines) is 1.